The summed E-state index contributed by atoms with van der Waals surface area (Å²) in [5.41, 5.74) is 2.25. The van der Waals surface area contributed by atoms with Gasteiger partial charge in [-0.05, 0) is 37.3 Å². The maximum absolute atomic E-state index is 12.8. The van der Waals surface area contributed by atoms with Gasteiger partial charge in [-0.2, -0.15) is 0 Å². The van der Waals surface area contributed by atoms with E-state index < -0.39 is 6.04 Å². The number of rotatable bonds is 7. The molecule has 0 aromatic heterocycles. The molecule has 1 aliphatic rings. The summed E-state index contributed by atoms with van der Waals surface area (Å²) in [5.74, 6) is 0.0338. The molecule has 2 rings (SSSR count). The Labute approximate surface area is 145 Å². The normalized spacial score (nSPS) is 16.0. The van der Waals surface area contributed by atoms with Crippen LogP contribution in [0.3, 0.4) is 0 Å². The number of carbonyl (C=O) groups is 2. The molecule has 0 radical (unpaired) electrons. The van der Waals surface area contributed by atoms with Gasteiger partial charge in [0.25, 0.3) is 0 Å². The van der Waals surface area contributed by atoms with Crippen molar-refractivity contribution in [1.82, 2.24) is 10.2 Å². The zero-order valence-corrected chi connectivity index (χ0v) is 15.2. The minimum atomic E-state index is -0.391. The SMILES string of the molecule is CCC(=O)N(Cc1ccccc1C)[C@H](CC)C(=O)NC1CCCC1. The molecule has 1 fully saturated rings. The smallest absolute Gasteiger partial charge is 0.243 e. The first-order valence-electron chi connectivity index (χ1n) is 9.21. The standard InChI is InChI=1S/C20H30N2O2/c1-4-18(20(24)21-17-12-8-9-13-17)22(19(23)5-2)14-16-11-7-6-10-15(16)3/h6-7,10-11,17-18H,4-5,8-9,12-14H2,1-3H3,(H,21,24)/t18-/m1/s1. The van der Waals surface area contributed by atoms with E-state index >= 15 is 0 Å². The molecule has 1 aromatic carbocycles. The van der Waals surface area contributed by atoms with E-state index in [0.717, 1.165) is 24.0 Å². The van der Waals surface area contributed by atoms with Crippen molar-refractivity contribution >= 4 is 11.8 Å². The van der Waals surface area contributed by atoms with Crippen LogP contribution >= 0.6 is 0 Å². The zero-order chi connectivity index (χ0) is 17.5. The number of carbonyl (C=O) groups excluding carboxylic acids is 2. The van der Waals surface area contributed by atoms with Gasteiger partial charge in [0.15, 0.2) is 0 Å². The fourth-order valence-corrected chi connectivity index (χ4v) is 3.46. The summed E-state index contributed by atoms with van der Waals surface area (Å²) >= 11 is 0. The summed E-state index contributed by atoms with van der Waals surface area (Å²) < 4.78 is 0. The highest BCUT2D eigenvalue weighted by Gasteiger charge is 2.29. The highest BCUT2D eigenvalue weighted by molar-refractivity contribution is 5.87. The van der Waals surface area contributed by atoms with Gasteiger partial charge in [0.1, 0.15) is 6.04 Å². The Morgan fingerprint density at radius 2 is 1.88 bits per heavy atom. The lowest BCUT2D eigenvalue weighted by Gasteiger charge is -2.31. The topological polar surface area (TPSA) is 49.4 Å². The Morgan fingerprint density at radius 3 is 2.46 bits per heavy atom. The molecule has 0 saturated heterocycles. The number of hydrogen-bond acceptors (Lipinski definition) is 2. The van der Waals surface area contributed by atoms with Crippen LogP contribution in [0.15, 0.2) is 24.3 Å². The van der Waals surface area contributed by atoms with Crippen molar-refractivity contribution in [3.8, 4) is 0 Å². The first kappa shape index (κ1) is 18.5. The average molecular weight is 330 g/mol. The van der Waals surface area contributed by atoms with E-state index in [9.17, 15) is 9.59 Å². The third kappa shape index (κ3) is 4.59. The number of hydrogen-bond donors (Lipinski definition) is 1. The molecule has 0 unspecified atom stereocenters. The van der Waals surface area contributed by atoms with Crippen molar-refractivity contribution in [3.05, 3.63) is 35.4 Å². The first-order chi connectivity index (χ1) is 11.6. The van der Waals surface area contributed by atoms with Crippen LogP contribution in [0.2, 0.25) is 0 Å². The van der Waals surface area contributed by atoms with Crippen molar-refractivity contribution in [2.45, 2.75) is 77.9 Å². The summed E-state index contributed by atoms with van der Waals surface area (Å²) in [6, 6.07) is 7.95. The second kappa shape index (κ2) is 8.86. The van der Waals surface area contributed by atoms with Crippen molar-refractivity contribution in [2.24, 2.45) is 0 Å². The quantitative estimate of drug-likeness (QED) is 0.831. The third-order valence-electron chi connectivity index (χ3n) is 4.99. The van der Waals surface area contributed by atoms with E-state index in [2.05, 4.69) is 5.32 Å². The van der Waals surface area contributed by atoms with Gasteiger partial charge in [-0.25, -0.2) is 0 Å². The maximum atomic E-state index is 12.8. The van der Waals surface area contributed by atoms with E-state index in [-0.39, 0.29) is 17.9 Å². The van der Waals surface area contributed by atoms with Gasteiger partial charge in [0.05, 0.1) is 0 Å². The van der Waals surface area contributed by atoms with Crippen LogP contribution in [0.4, 0.5) is 0 Å². The van der Waals surface area contributed by atoms with Crippen LogP contribution in [-0.2, 0) is 16.1 Å². The van der Waals surface area contributed by atoms with Crippen LogP contribution in [0.25, 0.3) is 0 Å². The second-order valence-corrected chi connectivity index (χ2v) is 6.72. The summed E-state index contributed by atoms with van der Waals surface area (Å²) in [6.07, 6.45) is 5.53. The van der Waals surface area contributed by atoms with Crippen molar-refractivity contribution in [3.63, 3.8) is 0 Å². The molecule has 0 heterocycles. The van der Waals surface area contributed by atoms with E-state index in [1.54, 1.807) is 4.90 Å². The Bertz CT molecular complexity index is 565. The van der Waals surface area contributed by atoms with Crippen molar-refractivity contribution in [1.29, 1.82) is 0 Å². The minimum Gasteiger partial charge on any atom is -0.352 e. The summed E-state index contributed by atoms with van der Waals surface area (Å²) in [4.78, 5) is 27.0. The predicted octanol–water partition coefficient (Wildman–Crippen LogP) is 3.57. The van der Waals surface area contributed by atoms with Crippen molar-refractivity contribution in [2.75, 3.05) is 0 Å². The predicted molar refractivity (Wildman–Crippen MR) is 96.5 cm³/mol. The fraction of sp³-hybridized carbons (Fsp3) is 0.600. The number of amides is 2. The molecule has 1 atom stereocenters. The highest BCUT2D eigenvalue weighted by atomic mass is 16.2. The van der Waals surface area contributed by atoms with Crippen LogP contribution in [0, 0.1) is 6.92 Å². The average Bonchev–Trinajstić information content (AvgIpc) is 3.08. The first-order valence-corrected chi connectivity index (χ1v) is 9.21. The molecular formula is C20H30N2O2. The summed E-state index contributed by atoms with van der Waals surface area (Å²) in [6.45, 7) is 6.38. The van der Waals surface area contributed by atoms with Gasteiger partial charge in [-0.15, -0.1) is 0 Å². The van der Waals surface area contributed by atoms with Gasteiger partial charge in [-0.3, -0.25) is 9.59 Å². The Morgan fingerprint density at radius 1 is 1.21 bits per heavy atom. The minimum absolute atomic E-state index is 0.000200. The lowest BCUT2D eigenvalue weighted by atomic mass is 10.1. The van der Waals surface area contributed by atoms with Gasteiger partial charge in [0.2, 0.25) is 11.8 Å². The molecule has 1 aromatic rings. The molecule has 0 spiro atoms. The van der Waals surface area contributed by atoms with Crippen LogP contribution < -0.4 is 5.32 Å². The Hall–Kier alpha value is -1.84. The molecule has 1 aliphatic carbocycles. The maximum Gasteiger partial charge on any atom is 0.243 e. The molecule has 4 heteroatoms. The second-order valence-electron chi connectivity index (χ2n) is 6.72. The van der Waals surface area contributed by atoms with E-state index in [4.69, 9.17) is 0 Å². The molecule has 24 heavy (non-hydrogen) atoms. The Balaban J connectivity index is 2.15. The van der Waals surface area contributed by atoms with Gasteiger partial charge in [0, 0.05) is 19.0 Å². The van der Waals surface area contributed by atoms with Gasteiger partial charge < -0.3 is 10.2 Å². The number of benzene rings is 1. The largest absolute Gasteiger partial charge is 0.352 e. The van der Waals surface area contributed by atoms with Crippen molar-refractivity contribution < 1.29 is 9.59 Å². The number of nitrogens with one attached hydrogen (secondary N) is 1. The molecule has 0 aliphatic heterocycles. The van der Waals surface area contributed by atoms with E-state index in [0.29, 0.717) is 19.4 Å². The molecular weight excluding hydrogens is 300 g/mol. The molecule has 0 bridgehead atoms. The molecule has 132 valence electrons. The van der Waals surface area contributed by atoms with E-state index in [1.807, 2.05) is 45.0 Å². The summed E-state index contributed by atoms with van der Waals surface area (Å²) in [7, 11) is 0. The highest BCUT2D eigenvalue weighted by Crippen LogP contribution is 2.20. The monoisotopic (exact) mass is 330 g/mol. The molecule has 1 saturated carbocycles. The molecule has 2 amide bonds. The van der Waals surface area contributed by atoms with Crippen LogP contribution in [0.5, 0.6) is 0 Å². The zero-order valence-electron chi connectivity index (χ0n) is 15.2. The number of aryl methyl sites for hydroxylation is 1. The van der Waals surface area contributed by atoms with Crippen LogP contribution in [-0.4, -0.2) is 28.8 Å². The lowest BCUT2D eigenvalue weighted by molar-refractivity contribution is -0.141. The van der Waals surface area contributed by atoms with E-state index in [1.165, 1.54) is 12.8 Å². The summed E-state index contributed by atoms with van der Waals surface area (Å²) in [5, 5.41) is 3.16. The number of nitrogens with zero attached hydrogens (tertiary/aromatic N) is 1. The van der Waals surface area contributed by atoms with Gasteiger partial charge >= 0.3 is 0 Å². The van der Waals surface area contributed by atoms with Gasteiger partial charge in [-0.1, -0.05) is 51.0 Å². The third-order valence-corrected chi connectivity index (χ3v) is 4.99. The molecule has 1 N–H and O–H groups in total. The lowest BCUT2D eigenvalue weighted by Crippen LogP contribution is -2.50. The fourth-order valence-electron chi connectivity index (χ4n) is 3.46. The molecule has 4 nitrogen and oxygen atoms in total. The Kier molecular flexibility index (Phi) is 6.83. The van der Waals surface area contributed by atoms with Crippen LogP contribution in [0.1, 0.15) is 63.5 Å².